The smallest absolute Gasteiger partial charge is 0.223 e. The van der Waals surface area contributed by atoms with Gasteiger partial charge in [0.1, 0.15) is 0 Å². The summed E-state index contributed by atoms with van der Waals surface area (Å²) in [7, 11) is 0. The van der Waals surface area contributed by atoms with Crippen molar-refractivity contribution in [3.8, 4) is 0 Å². The molecule has 1 aliphatic rings. The number of rotatable bonds is 3. The summed E-state index contributed by atoms with van der Waals surface area (Å²) in [6.45, 7) is 6.21. The van der Waals surface area contributed by atoms with Crippen LogP contribution >= 0.6 is 0 Å². The van der Waals surface area contributed by atoms with Gasteiger partial charge in [0.15, 0.2) is 0 Å². The van der Waals surface area contributed by atoms with Gasteiger partial charge in [-0.05, 0) is 45.6 Å². The number of nitrogens with zero attached hydrogens (tertiary/aromatic N) is 2. The Balaban J connectivity index is 2.07. The summed E-state index contributed by atoms with van der Waals surface area (Å²) in [5, 5.41) is 3.36. The van der Waals surface area contributed by atoms with E-state index in [1.54, 1.807) is 0 Å². The van der Waals surface area contributed by atoms with Crippen LogP contribution in [0.1, 0.15) is 31.2 Å². The van der Waals surface area contributed by atoms with Crippen molar-refractivity contribution in [3.63, 3.8) is 0 Å². The molecule has 0 aromatic carbocycles. The molecule has 1 aliphatic carbocycles. The average Bonchev–Trinajstić information content (AvgIpc) is 2.82. The molecule has 1 saturated carbocycles. The summed E-state index contributed by atoms with van der Waals surface area (Å²) in [5.74, 6) is 1.61. The standard InChI is InChI=1S/C11H17N3/c1-7-6-8(2)13-11(12-7)14-9(3)10-4-5-10/h6,9-10H,4-5H2,1-3H3,(H,12,13,14). The minimum atomic E-state index is 0.510. The summed E-state index contributed by atoms with van der Waals surface area (Å²) < 4.78 is 0. The minimum Gasteiger partial charge on any atom is -0.351 e. The summed E-state index contributed by atoms with van der Waals surface area (Å²) in [6, 6.07) is 2.50. The maximum atomic E-state index is 4.36. The monoisotopic (exact) mass is 191 g/mol. The van der Waals surface area contributed by atoms with Crippen molar-refractivity contribution >= 4 is 5.95 Å². The Kier molecular flexibility index (Phi) is 2.40. The number of hydrogen-bond donors (Lipinski definition) is 1. The first kappa shape index (κ1) is 9.44. The highest BCUT2D eigenvalue weighted by Crippen LogP contribution is 2.33. The lowest BCUT2D eigenvalue weighted by atomic mass is 10.2. The van der Waals surface area contributed by atoms with Gasteiger partial charge >= 0.3 is 0 Å². The lowest BCUT2D eigenvalue weighted by molar-refractivity contribution is 0.685. The number of aryl methyl sites for hydroxylation is 2. The molecular weight excluding hydrogens is 174 g/mol. The second kappa shape index (κ2) is 3.56. The Bertz CT molecular complexity index is 311. The van der Waals surface area contributed by atoms with Crippen molar-refractivity contribution in [2.45, 2.75) is 39.7 Å². The van der Waals surface area contributed by atoms with E-state index in [1.807, 2.05) is 19.9 Å². The summed E-state index contributed by atoms with van der Waals surface area (Å²) in [6.07, 6.45) is 2.69. The Morgan fingerprint density at radius 1 is 1.29 bits per heavy atom. The van der Waals surface area contributed by atoms with Gasteiger partial charge in [0.2, 0.25) is 5.95 Å². The molecule has 3 heteroatoms. The van der Waals surface area contributed by atoms with Crippen molar-refractivity contribution in [1.82, 2.24) is 9.97 Å². The molecule has 0 saturated heterocycles. The van der Waals surface area contributed by atoms with Crippen LogP contribution in [0.15, 0.2) is 6.07 Å². The van der Waals surface area contributed by atoms with Gasteiger partial charge in [0.05, 0.1) is 0 Å². The second-order valence-corrected chi connectivity index (χ2v) is 4.24. The fourth-order valence-corrected chi connectivity index (χ4v) is 1.71. The molecule has 1 heterocycles. The Morgan fingerprint density at radius 3 is 2.36 bits per heavy atom. The lowest BCUT2D eigenvalue weighted by Gasteiger charge is -2.13. The van der Waals surface area contributed by atoms with Gasteiger partial charge in [0.25, 0.3) is 0 Å². The molecule has 3 nitrogen and oxygen atoms in total. The molecule has 1 atom stereocenters. The number of nitrogens with one attached hydrogen (secondary N) is 1. The quantitative estimate of drug-likeness (QED) is 0.796. The molecule has 1 unspecified atom stereocenters. The van der Waals surface area contributed by atoms with Crippen LogP contribution in [-0.2, 0) is 0 Å². The van der Waals surface area contributed by atoms with E-state index in [2.05, 4.69) is 22.2 Å². The maximum Gasteiger partial charge on any atom is 0.223 e. The number of aromatic nitrogens is 2. The second-order valence-electron chi connectivity index (χ2n) is 4.24. The number of anilines is 1. The maximum absolute atomic E-state index is 4.36. The molecule has 2 rings (SSSR count). The molecule has 0 spiro atoms. The Labute approximate surface area is 85.0 Å². The first-order valence-corrected chi connectivity index (χ1v) is 5.24. The highest BCUT2D eigenvalue weighted by atomic mass is 15.1. The largest absolute Gasteiger partial charge is 0.351 e. The molecule has 14 heavy (non-hydrogen) atoms. The molecule has 0 amide bonds. The van der Waals surface area contributed by atoms with Gasteiger partial charge in [-0.3, -0.25) is 0 Å². The van der Waals surface area contributed by atoms with E-state index in [0.717, 1.165) is 23.3 Å². The van der Waals surface area contributed by atoms with E-state index < -0.39 is 0 Å². The third-order valence-corrected chi connectivity index (χ3v) is 2.67. The summed E-state index contributed by atoms with van der Waals surface area (Å²) in [5.41, 5.74) is 2.06. The van der Waals surface area contributed by atoms with Crippen molar-refractivity contribution in [2.75, 3.05) is 5.32 Å². The van der Waals surface area contributed by atoms with E-state index in [1.165, 1.54) is 12.8 Å². The van der Waals surface area contributed by atoms with E-state index >= 15 is 0 Å². The normalized spacial score (nSPS) is 17.9. The molecule has 0 bridgehead atoms. The van der Waals surface area contributed by atoms with Crippen LogP contribution in [0.3, 0.4) is 0 Å². The Hall–Kier alpha value is -1.12. The van der Waals surface area contributed by atoms with Crippen LogP contribution in [0, 0.1) is 19.8 Å². The zero-order chi connectivity index (χ0) is 10.1. The van der Waals surface area contributed by atoms with E-state index in [9.17, 15) is 0 Å². The van der Waals surface area contributed by atoms with Gasteiger partial charge in [-0.2, -0.15) is 0 Å². The van der Waals surface area contributed by atoms with Crippen molar-refractivity contribution < 1.29 is 0 Å². The minimum absolute atomic E-state index is 0.510. The summed E-state index contributed by atoms with van der Waals surface area (Å²) in [4.78, 5) is 8.72. The molecule has 0 radical (unpaired) electrons. The highest BCUT2D eigenvalue weighted by molar-refractivity contribution is 5.29. The molecule has 1 aromatic heterocycles. The topological polar surface area (TPSA) is 37.8 Å². The predicted molar refractivity (Wildman–Crippen MR) is 57.3 cm³/mol. The van der Waals surface area contributed by atoms with E-state index in [-0.39, 0.29) is 0 Å². The number of hydrogen-bond acceptors (Lipinski definition) is 3. The van der Waals surface area contributed by atoms with Gasteiger partial charge in [-0.25, -0.2) is 9.97 Å². The van der Waals surface area contributed by atoms with Crippen LogP contribution in [0.5, 0.6) is 0 Å². The van der Waals surface area contributed by atoms with Gasteiger partial charge in [-0.1, -0.05) is 0 Å². The zero-order valence-electron chi connectivity index (χ0n) is 9.04. The molecule has 1 fully saturated rings. The predicted octanol–water partition coefficient (Wildman–Crippen LogP) is 2.30. The van der Waals surface area contributed by atoms with Crippen LogP contribution in [-0.4, -0.2) is 16.0 Å². The van der Waals surface area contributed by atoms with Crippen molar-refractivity contribution in [2.24, 2.45) is 5.92 Å². The van der Waals surface area contributed by atoms with Crippen LogP contribution in [0.2, 0.25) is 0 Å². The Morgan fingerprint density at radius 2 is 1.86 bits per heavy atom. The molecular formula is C11H17N3. The fourth-order valence-electron chi connectivity index (χ4n) is 1.71. The van der Waals surface area contributed by atoms with E-state index in [0.29, 0.717) is 6.04 Å². The van der Waals surface area contributed by atoms with Crippen molar-refractivity contribution in [3.05, 3.63) is 17.5 Å². The van der Waals surface area contributed by atoms with Crippen LogP contribution < -0.4 is 5.32 Å². The first-order chi connectivity index (χ1) is 6.65. The zero-order valence-corrected chi connectivity index (χ0v) is 9.04. The average molecular weight is 191 g/mol. The molecule has 76 valence electrons. The van der Waals surface area contributed by atoms with Gasteiger partial charge < -0.3 is 5.32 Å². The SMILES string of the molecule is Cc1cc(C)nc(NC(C)C2CC2)n1. The highest BCUT2D eigenvalue weighted by Gasteiger charge is 2.28. The first-order valence-electron chi connectivity index (χ1n) is 5.24. The van der Waals surface area contributed by atoms with E-state index in [4.69, 9.17) is 0 Å². The molecule has 1 aromatic rings. The van der Waals surface area contributed by atoms with Crippen molar-refractivity contribution in [1.29, 1.82) is 0 Å². The molecule has 1 N–H and O–H groups in total. The lowest BCUT2D eigenvalue weighted by Crippen LogP contribution is -2.19. The third kappa shape index (κ3) is 2.22. The third-order valence-electron chi connectivity index (χ3n) is 2.67. The van der Waals surface area contributed by atoms with Crippen LogP contribution in [0.4, 0.5) is 5.95 Å². The van der Waals surface area contributed by atoms with Gasteiger partial charge in [-0.15, -0.1) is 0 Å². The molecule has 0 aliphatic heterocycles. The fraction of sp³-hybridized carbons (Fsp3) is 0.636. The van der Waals surface area contributed by atoms with Gasteiger partial charge in [0, 0.05) is 17.4 Å². The summed E-state index contributed by atoms with van der Waals surface area (Å²) >= 11 is 0. The van der Waals surface area contributed by atoms with Crippen LogP contribution in [0.25, 0.3) is 0 Å².